The van der Waals surface area contributed by atoms with Crippen molar-refractivity contribution in [3.63, 3.8) is 0 Å². The standard InChI is InChI=1S/C20H20F3N5/c1-14-11-18(27-8-4-7-26(9-10-27)13-20(21,22)23)28-17-6-3-2-5-16(17)25-19(28)15(14)12-24/h2-3,5-6,11H,4,7-10,13H2,1H3. The minimum atomic E-state index is -4.19. The van der Waals surface area contributed by atoms with E-state index in [1.54, 1.807) is 0 Å². The molecule has 1 saturated heterocycles. The highest BCUT2D eigenvalue weighted by atomic mass is 19.4. The van der Waals surface area contributed by atoms with Gasteiger partial charge in [-0.25, -0.2) is 4.98 Å². The zero-order valence-corrected chi connectivity index (χ0v) is 15.5. The summed E-state index contributed by atoms with van der Waals surface area (Å²) in [5.74, 6) is 0.869. The third-order valence-electron chi connectivity index (χ3n) is 5.18. The van der Waals surface area contributed by atoms with Crippen molar-refractivity contribution in [2.75, 3.05) is 37.6 Å². The Kier molecular flexibility index (Phi) is 4.63. The number of imidazole rings is 1. The second-order valence-corrected chi connectivity index (χ2v) is 7.16. The third kappa shape index (κ3) is 3.38. The van der Waals surface area contributed by atoms with Gasteiger partial charge in [-0.1, -0.05) is 12.1 Å². The lowest BCUT2D eigenvalue weighted by atomic mass is 10.1. The van der Waals surface area contributed by atoms with Crippen molar-refractivity contribution in [2.24, 2.45) is 0 Å². The maximum atomic E-state index is 12.8. The molecule has 0 unspecified atom stereocenters. The number of rotatable bonds is 2. The zero-order chi connectivity index (χ0) is 19.9. The molecule has 0 aliphatic carbocycles. The number of aryl methyl sites for hydroxylation is 1. The molecule has 0 saturated carbocycles. The molecule has 0 spiro atoms. The van der Waals surface area contributed by atoms with Crippen molar-refractivity contribution in [3.8, 4) is 6.07 Å². The molecule has 1 aromatic carbocycles. The van der Waals surface area contributed by atoms with E-state index >= 15 is 0 Å². The van der Waals surface area contributed by atoms with Gasteiger partial charge in [-0.05, 0) is 37.1 Å². The van der Waals surface area contributed by atoms with E-state index in [2.05, 4.69) is 16.0 Å². The predicted molar refractivity (Wildman–Crippen MR) is 101 cm³/mol. The Bertz CT molecular complexity index is 1060. The van der Waals surface area contributed by atoms with E-state index in [1.807, 2.05) is 41.7 Å². The normalized spacial score (nSPS) is 16.5. The van der Waals surface area contributed by atoms with Crippen LogP contribution in [0.1, 0.15) is 17.5 Å². The molecule has 1 aliphatic rings. The van der Waals surface area contributed by atoms with Crippen molar-refractivity contribution in [1.82, 2.24) is 14.3 Å². The Labute approximate surface area is 160 Å². The number of hydrogen-bond donors (Lipinski definition) is 0. The van der Waals surface area contributed by atoms with Crippen LogP contribution in [-0.4, -0.2) is 53.2 Å². The summed E-state index contributed by atoms with van der Waals surface area (Å²) in [7, 11) is 0. The van der Waals surface area contributed by atoms with Gasteiger partial charge in [0.05, 0.1) is 23.1 Å². The second-order valence-electron chi connectivity index (χ2n) is 7.16. The lowest BCUT2D eigenvalue weighted by Gasteiger charge is -2.26. The van der Waals surface area contributed by atoms with Crippen molar-refractivity contribution in [2.45, 2.75) is 19.5 Å². The number of nitrogens with zero attached hydrogens (tertiary/aromatic N) is 5. The first kappa shape index (κ1) is 18.6. The van der Waals surface area contributed by atoms with Gasteiger partial charge in [0.2, 0.25) is 0 Å². The average molecular weight is 387 g/mol. The van der Waals surface area contributed by atoms with Crippen LogP contribution in [0.25, 0.3) is 16.7 Å². The molecule has 2 aromatic heterocycles. The Balaban J connectivity index is 1.78. The van der Waals surface area contributed by atoms with E-state index < -0.39 is 12.7 Å². The summed E-state index contributed by atoms with van der Waals surface area (Å²) in [4.78, 5) is 8.20. The molecule has 3 aromatic rings. The molecule has 4 rings (SSSR count). The fourth-order valence-corrected chi connectivity index (χ4v) is 3.91. The Morgan fingerprint density at radius 2 is 1.93 bits per heavy atom. The summed E-state index contributed by atoms with van der Waals surface area (Å²) >= 11 is 0. The largest absolute Gasteiger partial charge is 0.401 e. The number of alkyl halides is 3. The molecule has 8 heteroatoms. The maximum Gasteiger partial charge on any atom is 0.401 e. The third-order valence-corrected chi connectivity index (χ3v) is 5.18. The fraction of sp³-hybridized carbons (Fsp3) is 0.400. The number of halogens is 3. The van der Waals surface area contributed by atoms with E-state index in [1.165, 1.54) is 4.90 Å². The molecular weight excluding hydrogens is 367 g/mol. The molecular formula is C20H20F3N5. The van der Waals surface area contributed by atoms with E-state index in [4.69, 9.17) is 0 Å². The summed E-state index contributed by atoms with van der Waals surface area (Å²) in [5.41, 5.74) is 3.61. The molecule has 3 heterocycles. The van der Waals surface area contributed by atoms with Crippen molar-refractivity contribution >= 4 is 22.5 Å². The van der Waals surface area contributed by atoms with Crippen LogP contribution in [0.2, 0.25) is 0 Å². The second kappa shape index (κ2) is 6.99. The van der Waals surface area contributed by atoms with Crippen LogP contribution >= 0.6 is 0 Å². The number of para-hydroxylation sites is 2. The Morgan fingerprint density at radius 3 is 2.68 bits per heavy atom. The van der Waals surface area contributed by atoms with Gasteiger partial charge in [0.15, 0.2) is 5.65 Å². The first-order valence-electron chi connectivity index (χ1n) is 9.22. The molecule has 28 heavy (non-hydrogen) atoms. The monoisotopic (exact) mass is 387 g/mol. The average Bonchev–Trinajstić information content (AvgIpc) is 2.86. The van der Waals surface area contributed by atoms with E-state index in [-0.39, 0.29) is 0 Å². The number of nitriles is 1. The molecule has 5 nitrogen and oxygen atoms in total. The smallest absolute Gasteiger partial charge is 0.356 e. The number of benzene rings is 1. The number of pyridine rings is 1. The lowest BCUT2D eigenvalue weighted by molar-refractivity contribution is -0.145. The Morgan fingerprint density at radius 1 is 1.14 bits per heavy atom. The first-order valence-corrected chi connectivity index (χ1v) is 9.22. The zero-order valence-electron chi connectivity index (χ0n) is 15.5. The highest BCUT2D eigenvalue weighted by Crippen LogP contribution is 2.29. The van der Waals surface area contributed by atoms with Crippen LogP contribution < -0.4 is 4.90 Å². The minimum absolute atomic E-state index is 0.340. The van der Waals surface area contributed by atoms with E-state index in [0.29, 0.717) is 43.8 Å². The van der Waals surface area contributed by atoms with Gasteiger partial charge >= 0.3 is 6.18 Å². The molecule has 1 fully saturated rings. The molecule has 146 valence electrons. The van der Waals surface area contributed by atoms with Crippen LogP contribution in [0.4, 0.5) is 19.0 Å². The van der Waals surface area contributed by atoms with Gasteiger partial charge < -0.3 is 4.90 Å². The summed E-state index contributed by atoms with van der Waals surface area (Å²) in [6.07, 6.45) is -3.54. The molecule has 0 atom stereocenters. The highest BCUT2D eigenvalue weighted by Gasteiger charge is 2.31. The summed E-state index contributed by atoms with van der Waals surface area (Å²) < 4.78 is 40.3. The van der Waals surface area contributed by atoms with Crippen LogP contribution in [-0.2, 0) is 0 Å². The Hall–Kier alpha value is -2.79. The molecule has 1 aliphatic heterocycles. The van der Waals surface area contributed by atoms with Crippen molar-refractivity contribution < 1.29 is 13.2 Å². The SMILES string of the molecule is Cc1cc(N2CCCN(CC(F)(F)F)CC2)n2c(nc3ccccc32)c1C#N. The number of anilines is 1. The molecule has 0 amide bonds. The van der Waals surface area contributed by atoms with Gasteiger partial charge in [0.25, 0.3) is 0 Å². The summed E-state index contributed by atoms with van der Waals surface area (Å²) in [5, 5.41) is 9.60. The van der Waals surface area contributed by atoms with Gasteiger partial charge in [-0.2, -0.15) is 18.4 Å². The van der Waals surface area contributed by atoms with Crippen LogP contribution in [0, 0.1) is 18.3 Å². The highest BCUT2D eigenvalue weighted by molar-refractivity contribution is 5.85. The maximum absolute atomic E-state index is 12.8. The van der Waals surface area contributed by atoms with Gasteiger partial charge in [-0.3, -0.25) is 9.30 Å². The van der Waals surface area contributed by atoms with Gasteiger partial charge in [0.1, 0.15) is 11.9 Å². The fourth-order valence-electron chi connectivity index (χ4n) is 3.91. The van der Waals surface area contributed by atoms with E-state index in [9.17, 15) is 18.4 Å². The van der Waals surface area contributed by atoms with Gasteiger partial charge in [-0.15, -0.1) is 0 Å². The minimum Gasteiger partial charge on any atom is -0.356 e. The van der Waals surface area contributed by atoms with Crippen molar-refractivity contribution in [1.29, 1.82) is 5.26 Å². The van der Waals surface area contributed by atoms with Crippen LogP contribution in [0.3, 0.4) is 0 Å². The van der Waals surface area contributed by atoms with Crippen LogP contribution in [0.5, 0.6) is 0 Å². The van der Waals surface area contributed by atoms with E-state index in [0.717, 1.165) is 22.4 Å². The quantitative estimate of drug-likeness (QED) is 0.672. The van der Waals surface area contributed by atoms with Crippen molar-refractivity contribution in [3.05, 3.63) is 41.5 Å². The number of fused-ring (bicyclic) bond motifs is 3. The number of aromatic nitrogens is 2. The summed E-state index contributed by atoms with van der Waals surface area (Å²) in [6, 6.07) is 11.8. The molecule has 0 radical (unpaired) electrons. The lowest BCUT2D eigenvalue weighted by Crippen LogP contribution is -2.37. The number of hydrogen-bond acceptors (Lipinski definition) is 4. The molecule has 0 N–H and O–H groups in total. The summed E-state index contributed by atoms with van der Waals surface area (Å²) in [6.45, 7) is 2.89. The first-order chi connectivity index (χ1) is 13.4. The van der Waals surface area contributed by atoms with Crippen LogP contribution in [0.15, 0.2) is 30.3 Å². The van der Waals surface area contributed by atoms with Gasteiger partial charge in [0, 0.05) is 26.2 Å². The molecule has 0 bridgehead atoms. The topological polar surface area (TPSA) is 47.6 Å². The predicted octanol–water partition coefficient (Wildman–Crippen LogP) is 3.74.